The fraction of sp³-hybridized carbons (Fsp3) is 0.176. The Morgan fingerprint density at radius 3 is 2.86 bits per heavy atom. The van der Waals surface area contributed by atoms with E-state index in [1.807, 2.05) is 24.3 Å². The molecule has 106 valence electrons. The molecule has 0 spiro atoms. The van der Waals surface area contributed by atoms with Gasteiger partial charge in [-0.05, 0) is 24.6 Å². The van der Waals surface area contributed by atoms with Crippen LogP contribution in [0.1, 0.15) is 16.8 Å². The van der Waals surface area contributed by atoms with Crippen molar-refractivity contribution in [2.45, 2.75) is 20.0 Å². The van der Waals surface area contributed by atoms with Crippen LogP contribution in [0.15, 0.2) is 59.5 Å². The van der Waals surface area contributed by atoms with Crippen LogP contribution in [0.4, 0.5) is 0 Å². The number of fused-ring (bicyclic) bond motifs is 1. The SMILES string of the molecule is Cc1cccc(CNCc2cc(=O)n3ccccc3n2)c1. The summed E-state index contributed by atoms with van der Waals surface area (Å²) in [4.78, 5) is 16.5. The van der Waals surface area contributed by atoms with Gasteiger partial charge in [0.25, 0.3) is 5.56 Å². The summed E-state index contributed by atoms with van der Waals surface area (Å²) in [5.41, 5.74) is 3.87. The fourth-order valence-electron chi connectivity index (χ4n) is 2.35. The van der Waals surface area contributed by atoms with Crippen LogP contribution in [0, 0.1) is 6.92 Å². The van der Waals surface area contributed by atoms with Crippen molar-refractivity contribution in [2.24, 2.45) is 0 Å². The average Bonchev–Trinajstić information content (AvgIpc) is 2.47. The maximum Gasteiger partial charge on any atom is 0.258 e. The molecule has 3 rings (SSSR count). The summed E-state index contributed by atoms with van der Waals surface area (Å²) in [6.07, 6.45) is 1.73. The second-order valence-corrected chi connectivity index (χ2v) is 5.11. The van der Waals surface area contributed by atoms with E-state index < -0.39 is 0 Å². The lowest BCUT2D eigenvalue weighted by Crippen LogP contribution is -2.19. The highest BCUT2D eigenvalue weighted by molar-refractivity contribution is 5.38. The summed E-state index contributed by atoms with van der Waals surface area (Å²) >= 11 is 0. The Hall–Kier alpha value is -2.46. The van der Waals surface area contributed by atoms with Gasteiger partial charge in [-0.15, -0.1) is 0 Å². The van der Waals surface area contributed by atoms with Crippen molar-refractivity contribution in [3.05, 3.63) is 81.9 Å². The van der Waals surface area contributed by atoms with E-state index in [4.69, 9.17) is 0 Å². The van der Waals surface area contributed by atoms with Crippen molar-refractivity contribution in [3.63, 3.8) is 0 Å². The number of aryl methyl sites for hydroxylation is 1. The molecular weight excluding hydrogens is 262 g/mol. The Balaban J connectivity index is 1.72. The Kier molecular flexibility index (Phi) is 3.79. The second kappa shape index (κ2) is 5.89. The highest BCUT2D eigenvalue weighted by Crippen LogP contribution is 2.04. The molecule has 0 atom stereocenters. The Morgan fingerprint density at radius 1 is 1.10 bits per heavy atom. The van der Waals surface area contributed by atoms with E-state index >= 15 is 0 Å². The zero-order chi connectivity index (χ0) is 14.7. The average molecular weight is 279 g/mol. The molecule has 0 unspecified atom stereocenters. The van der Waals surface area contributed by atoms with Crippen molar-refractivity contribution >= 4 is 5.65 Å². The van der Waals surface area contributed by atoms with Gasteiger partial charge in [0.2, 0.25) is 0 Å². The number of hydrogen-bond donors (Lipinski definition) is 1. The molecule has 21 heavy (non-hydrogen) atoms. The Bertz CT molecular complexity index is 823. The van der Waals surface area contributed by atoms with Crippen LogP contribution >= 0.6 is 0 Å². The molecule has 0 aliphatic carbocycles. The smallest absolute Gasteiger partial charge is 0.258 e. The molecule has 0 aliphatic rings. The highest BCUT2D eigenvalue weighted by Gasteiger charge is 2.01. The molecule has 1 aromatic carbocycles. The molecule has 4 nitrogen and oxygen atoms in total. The number of nitrogens with one attached hydrogen (secondary N) is 1. The summed E-state index contributed by atoms with van der Waals surface area (Å²) in [5.74, 6) is 0. The molecule has 0 saturated heterocycles. The van der Waals surface area contributed by atoms with Gasteiger partial charge in [0.15, 0.2) is 0 Å². The molecule has 0 amide bonds. The first-order valence-corrected chi connectivity index (χ1v) is 6.96. The molecule has 0 bridgehead atoms. The number of aromatic nitrogens is 2. The summed E-state index contributed by atoms with van der Waals surface area (Å²) in [6.45, 7) is 3.42. The van der Waals surface area contributed by atoms with E-state index in [9.17, 15) is 4.79 Å². The van der Waals surface area contributed by atoms with E-state index in [1.54, 1.807) is 16.7 Å². The van der Waals surface area contributed by atoms with Gasteiger partial charge in [-0.25, -0.2) is 4.98 Å². The molecule has 0 aliphatic heterocycles. The lowest BCUT2D eigenvalue weighted by Gasteiger charge is -2.06. The molecule has 0 radical (unpaired) electrons. The van der Waals surface area contributed by atoms with Gasteiger partial charge in [0.05, 0.1) is 5.69 Å². The summed E-state index contributed by atoms with van der Waals surface area (Å²) in [7, 11) is 0. The van der Waals surface area contributed by atoms with E-state index in [0.717, 1.165) is 12.2 Å². The van der Waals surface area contributed by atoms with E-state index in [2.05, 4.69) is 35.4 Å². The van der Waals surface area contributed by atoms with Crippen LogP contribution in [-0.2, 0) is 13.1 Å². The van der Waals surface area contributed by atoms with Crippen LogP contribution in [0.3, 0.4) is 0 Å². The Morgan fingerprint density at radius 2 is 2.00 bits per heavy atom. The minimum Gasteiger partial charge on any atom is -0.307 e. The zero-order valence-corrected chi connectivity index (χ0v) is 11.9. The lowest BCUT2D eigenvalue weighted by atomic mass is 10.1. The second-order valence-electron chi connectivity index (χ2n) is 5.11. The van der Waals surface area contributed by atoms with Gasteiger partial charge in [0.1, 0.15) is 5.65 Å². The van der Waals surface area contributed by atoms with Gasteiger partial charge in [0, 0.05) is 25.4 Å². The predicted molar refractivity (Wildman–Crippen MR) is 83.2 cm³/mol. The van der Waals surface area contributed by atoms with Crippen molar-refractivity contribution in [3.8, 4) is 0 Å². The van der Waals surface area contributed by atoms with Crippen LogP contribution in [0.25, 0.3) is 5.65 Å². The van der Waals surface area contributed by atoms with Gasteiger partial charge in [-0.3, -0.25) is 9.20 Å². The van der Waals surface area contributed by atoms with Gasteiger partial charge < -0.3 is 5.32 Å². The highest BCUT2D eigenvalue weighted by atomic mass is 16.1. The van der Waals surface area contributed by atoms with Crippen LogP contribution in [0.5, 0.6) is 0 Å². The minimum atomic E-state index is -0.0482. The largest absolute Gasteiger partial charge is 0.307 e. The monoisotopic (exact) mass is 279 g/mol. The standard InChI is InChI=1S/C17H17N3O/c1-13-5-4-6-14(9-13)11-18-12-15-10-17(21)20-8-3-2-7-16(20)19-15/h2-10,18H,11-12H2,1H3. The summed E-state index contributed by atoms with van der Waals surface area (Å²) in [6, 6.07) is 15.5. The molecule has 0 fully saturated rings. The number of pyridine rings is 1. The van der Waals surface area contributed by atoms with Crippen LogP contribution < -0.4 is 10.9 Å². The van der Waals surface area contributed by atoms with Gasteiger partial charge in [-0.1, -0.05) is 35.9 Å². The fourth-order valence-corrected chi connectivity index (χ4v) is 2.35. The van der Waals surface area contributed by atoms with E-state index in [0.29, 0.717) is 12.2 Å². The topological polar surface area (TPSA) is 46.4 Å². The first-order chi connectivity index (χ1) is 10.2. The van der Waals surface area contributed by atoms with Crippen molar-refractivity contribution in [1.82, 2.24) is 14.7 Å². The first-order valence-electron chi connectivity index (χ1n) is 6.96. The molecule has 0 saturated carbocycles. The number of rotatable bonds is 4. The third kappa shape index (κ3) is 3.17. The molecule has 2 aromatic heterocycles. The third-order valence-electron chi connectivity index (χ3n) is 3.34. The lowest BCUT2D eigenvalue weighted by molar-refractivity contribution is 0.678. The summed E-state index contributed by atoms with van der Waals surface area (Å²) in [5, 5.41) is 3.33. The molecular formula is C17H17N3O. The van der Waals surface area contributed by atoms with Crippen LogP contribution in [0.2, 0.25) is 0 Å². The molecule has 2 heterocycles. The number of hydrogen-bond acceptors (Lipinski definition) is 3. The quantitative estimate of drug-likeness (QED) is 0.797. The molecule has 1 N–H and O–H groups in total. The number of benzene rings is 1. The van der Waals surface area contributed by atoms with Crippen LogP contribution in [-0.4, -0.2) is 9.38 Å². The van der Waals surface area contributed by atoms with Crippen molar-refractivity contribution in [1.29, 1.82) is 0 Å². The Labute approximate surface area is 123 Å². The van der Waals surface area contributed by atoms with Crippen molar-refractivity contribution < 1.29 is 0 Å². The van der Waals surface area contributed by atoms with Gasteiger partial charge >= 0.3 is 0 Å². The predicted octanol–water partition coefficient (Wildman–Crippen LogP) is 2.29. The maximum atomic E-state index is 12.0. The third-order valence-corrected chi connectivity index (χ3v) is 3.34. The van der Waals surface area contributed by atoms with Gasteiger partial charge in [-0.2, -0.15) is 0 Å². The minimum absolute atomic E-state index is 0.0482. The maximum absolute atomic E-state index is 12.0. The number of nitrogens with zero attached hydrogens (tertiary/aromatic N) is 2. The van der Waals surface area contributed by atoms with E-state index in [-0.39, 0.29) is 5.56 Å². The zero-order valence-electron chi connectivity index (χ0n) is 11.9. The molecule has 3 aromatic rings. The summed E-state index contributed by atoms with van der Waals surface area (Å²) < 4.78 is 1.55. The normalized spacial score (nSPS) is 10.9. The molecule has 4 heteroatoms. The first kappa shape index (κ1) is 13.5. The van der Waals surface area contributed by atoms with Crippen molar-refractivity contribution in [2.75, 3.05) is 0 Å². The van der Waals surface area contributed by atoms with E-state index in [1.165, 1.54) is 11.1 Å².